The Bertz CT molecular complexity index is 743. The van der Waals surface area contributed by atoms with Crippen molar-refractivity contribution in [2.24, 2.45) is 5.92 Å². The van der Waals surface area contributed by atoms with E-state index in [2.05, 4.69) is 5.32 Å². The maximum atomic E-state index is 13.2. The topological polar surface area (TPSA) is 66.4 Å². The molecule has 0 aromatic heterocycles. The lowest BCUT2D eigenvalue weighted by molar-refractivity contribution is -0.138. The summed E-state index contributed by atoms with van der Waals surface area (Å²) in [5, 5.41) is 11.8. The van der Waals surface area contributed by atoms with Crippen LogP contribution < -0.4 is 5.32 Å². The number of nitrogens with one attached hydrogen (secondary N) is 1. The number of carboxylic acids is 1. The van der Waals surface area contributed by atoms with Crippen molar-refractivity contribution in [3.8, 4) is 0 Å². The number of hydrogen-bond donors (Lipinski definition) is 2. The van der Waals surface area contributed by atoms with Crippen molar-refractivity contribution in [2.75, 3.05) is 5.32 Å². The summed E-state index contributed by atoms with van der Waals surface area (Å²) in [5.41, 5.74) is 2.18. The monoisotopic (exact) mass is 343 g/mol. The zero-order chi connectivity index (χ0) is 18.4. The van der Waals surface area contributed by atoms with Crippen LogP contribution in [0, 0.1) is 11.7 Å². The van der Waals surface area contributed by atoms with Crippen LogP contribution in [0.2, 0.25) is 0 Å². The van der Waals surface area contributed by atoms with Crippen LogP contribution in [0.3, 0.4) is 0 Å². The number of amides is 1. The molecule has 0 saturated carbocycles. The number of anilines is 1. The molecule has 2 unspecified atom stereocenters. The van der Waals surface area contributed by atoms with E-state index in [0.717, 1.165) is 5.56 Å². The molecule has 0 bridgehead atoms. The van der Waals surface area contributed by atoms with Gasteiger partial charge in [0.1, 0.15) is 5.82 Å². The van der Waals surface area contributed by atoms with E-state index >= 15 is 0 Å². The molecule has 0 heterocycles. The van der Waals surface area contributed by atoms with Crippen molar-refractivity contribution in [3.63, 3.8) is 0 Å². The van der Waals surface area contributed by atoms with Gasteiger partial charge in [-0.15, -0.1) is 0 Å². The minimum atomic E-state index is -0.886. The fraction of sp³-hybridized carbons (Fsp3) is 0.300. The van der Waals surface area contributed by atoms with Crippen molar-refractivity contribution in [3.05, 3.63) is 65.5 Å². The summed E-state index contributed by atoms with van der Waals surface area (Å²) in [4.78, 5) is 23.2. The first kappa shape index (κ1) is 18.6. The van der Waals surface area contributed by atoms with Crippen LogP contribution in [-0.4, -0.2) is 17.0 Å². The van der Waals surface area contributed by atoms with Gasteiger partial charge in [0, 0.05) is 11.6 Å². The van der Waals surface area contributed by atoms with Gasteiger partial charge in [-0.25, -0.2) is 4.39 Å². The highest BCUT2D eigenvalue weighted by Crippen LogP contribution is 2.19. The molecule has 0 aliphatic rings. The lowest BCUT2D eigenvalue weighted by Crippen LogP contribution is -2.21. The third-order valence-electron chi connectivity index (χ3n) is 4.25. The molecule has 25 heavy (non-hydrogen) atoms. The predicted molar refractivity (Wildman–Crippen MR) is 95.0 cm³/mol. The molecule has 2 atom stereocenters. The van der Waals surface area contributed by atoms with Gasteiger partial charge in [0.25, 0.3) is 0 Å². The average molecular weight is 343 g/mol. The number of aliphatic carboxylic acids is 1. The van der Waals surface area contributed by atoms with E-state index in [1.807, 2.05) is 13.0 Å². The molecule has 0 aliphatic heterocycles. The fourth-order valence-corrected chi connectivity index (χ4v) is 2.47. The molecular weight excluding hydrogens is 321 g/mol. The van der Waals surface area contributed by atoms with Gasteiger partial charge in [-0.05, 0) is 55.2 Å². The van der Waals surface area contributed by atoms with Gasteiger partial charge in [-0.3, -0.25) is 9.59 Å². The zero-order valence-electron chi connectivity index (χ0n) is 14.3. The van der Waals surface area contributed by atoms with Crippen LogP contribution in [0.15, 0.2) is 48.5 Å². The molecule has 4 nitrogen and oxygen atoms in total. The minimum absolute atomic E-state index is 0.115. The van der Waals surface area contributed by atoms with E-state index in [9.17, 15) is 14.0 Å². The molecule has 0 spiro atoms. The standard InChI is InChI=1S/C20H22FNO3/c1-13(6-7-15-4-3-5-17(21)12-15)19(23)22-18-10-8-16(9-11-18)14(2)20(24)25/h3-5,8-14H,6-7H2,1-2H3,(H,22,23)(H,24,25). The van der Waals surface area contributed by atoms with Gasteiger partial charge in [-0.1, -0.05) is 31.2 Å². The Morgan fingerprint density at radius 2 is 1.80 bits per heavy atom. The Balaban J connectivity index is 1.89. The first-order chi connectivity index (χ1) is 11.9. The molecule has 0 fully saturated rings. The van der Waals surface area contributed by atoms with Gasteiger partial charge < -0.3 is 10.4 Å². The van der Waals surface area contributed by atoms with Gasteiger partial charge in [0.15, 0.2) is 0 Å². The Morgan fingerprint density at radius 3 is 2.40 bits per heavy atom. The summed E-state index contributed by atoms with van der Waals surface area (Å²) in [6.45, 7) is 3.44. The Labute approximate surface area is 146 Å². The van der Waals surface area contributed by atoms with Crippen molar-refractivity contribution >= 4 is 17.6 Å². The van der Waals surface area contributed by atoms with Gasteiger partial charge in [-0.2, -0.15) is 0 Å². The van der Waals surface area contributed by atoms with E-state index < -0.39 is 11.9 Å². The van der Waals surface area contributed by atoms with Gasteiger partial charge in [0.2, 0.25) is 5.91 Å². The van der Waals surface area contributed by atoms with E-state index in [0.29, 0.717) is 24.1 Å². The van der Waals surface area contributed by atoms with Crippen molar-refractivity contribution < 1.29 is 19.1 Å². The maximum absolute atomic E-state index is 13.2. The smallest absolute Gasteiger partial charge is 0.310 e. The summed E-state index contributed by atoms with van der Waals surface area (Å²) in [6.07, 6.45) is 1.24. The predicted octanol–water partition coefficient (Wildman–Crippen LogP) is 4.22. The highest BCUT2D eigenvalue weighted by molar-refractivity contribution is 5.92. The molecule has 2 aromatic carbocycles. The SMILES string of the molecule is CC(CCc1cccc(F)c1)C(=O)Nc1ccc(C(C)C(=O)O)cc1. The normalized spacial score (nSPS) is 13.1. The summed E-state index contributed by atoms with van der Waals surface area (Å²) in [7, 11) is 0. The number of hydrogen-bond acceptors (Lipinski definition) is 2. The minimum Gasteiger partial charge on any atom is -0.481 e. The number of rotatable bonds is 7. The second-order valence-corrected chi connectivity index (χ2v) is 6.24. The molecule has 0 radical (unpaired) electrons. The number of aryl methyl sites for hydroxylation is 1. The van der Waals surface area contributed by atoms with Crippen LogP contribution in [0.25, 0.3) is 0 Å². The van der Waals surface area contributed by atoms with Crippen molar-refractivity contribution in [1.82, 2.24) is 0 Å². The van der Waals surface area contributed by atoms with E-state index in [1.54, 1.807) is 37.3 Å². The zero-order valence-corrected chi connectivity index (χ0v) is 14.3. The van der Waals surface area contributed by atoms with Crippen molar-refractivity contribution in [2.45, 2.75) is 32.6 Å². The molecule has 2 rings (SSSR count). The molecule has 5 heteroatoms. The highest BCUT2D eigenvalue weighted by atomic mass is 19.1. The lowest BCUT2D eigenvalue weighted by atomic mass is 9.99. The number of carboxylic acid groups (broad SMARTS) is 1. The summed E-state index contributed by atoms with van der Waals surface area (Å²) >= 11 is 0. The lowest BCUT2D eigenvalue weighted by Gasteiger charge is -2.13. The summed E-state index contributed by atoms with van der Waals surface area (Å²) in [5.74, 6) is -2.08. The summed E-state index contributed by atoms with van der Waals surface area (Å²) in [6, 6.07) is 13.2. The van der Waals surface area contributed by atoms with Crippen LogP contribution >= 0.6 is 0 Å². The second kappa shape index (κ2) is 8.42. The fourth-order valence-electron chi connectivity index (χ4n) is 2.47. The Kier molecular flexibility index (Phi) is 6.28. The van der Waals surface area contributed by atoms with Crippen LogP contribution in [0.4, 0.5) is 10.1 Å². The van der Waals surface area contributed by atoms with E-state index in [4.69, 9.17) is 5.11 Å². The molecule has 0 saturated heterocycles. The molecule has 132 valence electrons. The molecule has 2 aromatic rings. The highest BCUT2D eigenvalue weighted by Gasteiger charge is 2.15. The number of halogens is 1. The van der Waals surface area contributed by atoms with Gasteiger partial charge in [0.05, 0.1) is 5.92 Å². The second-order valence-electron chi connectivity index (χ2n) is 6.24. The number of benzene rings is 2. The summed E-state index contributed by atoms with van der Waals surface area (Å²) < 4.78 is 13.2. The Hall–Kier alpha value is -2.69. The molecule has 1 amide bonds. The molecule has 0 aliphatic carbocycles. The first-order valence-electron chi connectivity index (χ1n) is 8.25. The van der Waals surface area contributed by atoms with Crippen LogP contribution in [0.1, 0.15) is 37.3 Å². The number of carbonyl (C=O) groups excluding carboxylic acids is 1. The average Bonchev–Trinajstić information content (AvgIpc) is 2.59. The van der Waals surface area contributed by atoms with Crippen LogP contribution in [0.5, 0.6) is 0 Å². The quantitative estimate of drug-likeness (QED) is 0.791. The maximum Gasteiger partial charge on any atom is 0.310 e. The van der Waals surface area contributed by atoms with E-state index in [1.165, 1.54) is 12.1 Å². The third-order valence-corrected chi connectivity index (χ3v) is 4.25. The third kappa shape index (κ3) is 5.41. The Morgan fingerprint density at radius 1 is 1.12 bits per heavy atom. The van der Waals surface area contributed by atoms with Crippen LogP contribution in [-0.2, 0) is 16.0 Å². The molecule has 2 N–H and O–H groups in total. The van der Waals surface area contributed by atoms with Gasteiger partial charge >= 0.3 is 5.97 Å². The largest absolute Gasteiger partial charge is 0.481 e. The number of carbonyl (C=O) groups is 2. The molecular formula is C20H22FNO3. The van der Waals surface area contributed by atoms with E-state index in [-0.39, 0.29) is 17.6 Å². The first-order valence-corrected chi connectivity index (χ1v) is 8.25. The van der Waals surface area contributed by atoms with Crippen molar-refractivity contribution in [1.29, 1.82) is 0 Å².